The molecule has 1 unspecified atom stereocenters. The molecule has 19 heteroatoms. The van der Waals surface area contributed by atoms with Crippen molar-refractivity contribution in [1.29, 1.82) is 0 Å². The van der Waals surface area contributed by atoms with Crippen LogP contribution in [0.5, 0.6) is 0 Å². The number of benzene rings is 2. The van der Waals surface area contributed by atoms with Crippen molar-refractivity contribution in [3.8, 4) is 11.1 Å². The highest BCUT2D eigenvalue weighted by atomic mass is 16.7. The van der Waals surface area contributed by atoms with Crippen LogP contribution in [0.4, 0.5) is 0 Å². The van der Waals surface area contributed by atoms with Gasteiger partial charge in [-0.2, -0.15) is 0 Å². The van der Waals surface area contributed by atoms with Crippen molar-refractivity contribution in [2.45, 2.75) is 161 Å². The number of aliphatic hydroxyl groups is 1. The molecule has 13 N–H and O–H groups in total. The molecule has 3 saturated carbocycles. The molecule has 3 aliphatic carbocycles. The third kappa shape index (κ3) is 13.7. The SMILES string of the molecule is CCCCc1ccc(-c2ccc(C(=O)NCCC(=O)N[C@@H](CCCCN)C(=O)N[C@H](C(=O)N[C@@H](N)C(=O)N[C@@H](CC(C)C)C(=O)N[C@@H](N)B3OC4C[C@@H]5C[C@@H](C5(C)C)[C@]4(C)O3)[C@@H](C)O)cc2)cc1. The van der Waals surface area contributed by atoms with Gasteiger partial charge >= 0.3 is 7.12 Å². The van der Waals surface area contributed by atoms with Crippen LogP contribution in [-0.2, 0) is 39.7 Å². The number of rotatable bonds is 25. The summed E-state index contributed by atoms with van der Waals surface area (Å²) in [6, 6.07) is 10.7. The van der Waals surface area contributed by atoms with Gasteiger partial charge in [0.15, 0.2) is 6.17 Å². The summed E-state index contributed by atoms with van der Waals surface area (Å²) in [7, 11) is -0.894. The van der Waals surface area contributed by atoms with Crippen LogP contribution in [-0.4, -0.2) is 109 Å². The number of carbonyl (C=O) groups excluding carboxylic acids is 6. The van der Waals surface area contributed by atoms with Crippen molar-refractivity contribution < 1.29 is 43.2 Å². The largest absolute Gasteiger partial charge is 0.497 e. The maximum Gasteiger partial charge on any atom is 0.497 e. The van der Waals surface area contributed by atoms with Crippen molar-refractivity contribution in [1.82, 2.24) is 31.9 Å². The van der Waals surface area contributed by atoms with Gasteiger partial charge in [0, 0.05) is 18.5 Å². The lowest BCUT2D eigenvalue weighted by Crippen LogP contribution is -2.65. The zero-order valence-corrected chi connectivity index (χ0v) is 40.9. The molecule has 0 radical (unpaired) electrons. The summed E-state index contributed by atoms with van der Waals surface area (Å²) in [6.07, 6.45) is 3.10. The van der Waals surface area contributed by atoms with E-state index >= 15 is 0 Å². The lowest BCUT2D eigenvalue weighted by atomic mass is 9.43. The fraction of sp³-hybridized carbons (Fsp3) is 0.633. The number of unbranched alkanes of at least 4 members (excludes halogenated alkanes) is 2. The summed E-state index contributed by atoms with van der Waals surface area (Å²) >= 11 is 0. The van der Waals surface area contributed by atoms with Crippen LogP contribution >= 0.6 is 0 Å². The van der Waals surface area contributed by atoms with Crippen molar-refractivity contribution in [2.75, 3.05) is 13.1 Å². The number of aliphatic hydroxyl groups excluding tert-OH is 1. The van der Waals surface area contributed by atoms with Crippen molar-refractivity contribution >= 4 is 42.6 Å². The highest BCUT2D eigenvalue weighted by molar-refractivity contribution is 6.47. The third-order valence-corrected chi connectivity index (χ3v) is 14.0. The Hall–Kier alpha value is -4.92. The zero-order chi connectivity index (χ0) is 49.9. The molecule has 6 amide bonds. The number of amides is 6. The van der Waals surface area contributed by atoms with Gasteiger partial charge in [-0.1, -0.05) is 77.4 Å². The van der Waals surface area contributed by atoms with Gasteiger partial charge in [-0.05, 0) is 124 Å². The van der Waals surface area contributed by atoms with E-state index in [0.29, 0.717) is 36.8 Å². The van der Waals surface area contributed by atoms with E-state index in [0.717, 1.165) is 43.2 Å². The quantitative estimate of drug-likeness (QED) is 0.0388. The number of hydrogen-bond donors (Lipinski definition) is 10. The van der Waals surface area contributed by atoms with Crippen molar-refractivity contribution in [3.63, 3.8) is 0 Å². The Kier molecular flexibility index (Phi) is 19.1. The Labute approximate surface area is 401 Å². The van der Waals surface area contributed by atoms with Gasteiger partial charge < -0.3 is 63.5 Å². The molecule has 4 aliphatic rings. The molecule has 6 rings (SSSR count). The highest BCUT2D eigenvalue weighted by Crippen LogP contribution is 2.65. The molecule has 0 spiro atoms. The van der Waals surface area contributed by atoms with Crippen LogP contribution in [0.1, 0.15) is 122 Å². The number of nitrogens with two attached hydrogens (primary N) is 3. The van der Waals surface area contributed by atoms with Gasteiger partial charge in [0.1, 0.15) is 24.2 Å². The molecule has 2 aromatic rings. The summed E-state index contributed by atoms with van der Waals surface area (Å²) in [4.78, 5) is 80.1. The molecule has 10 atom stereocenters. The average Bonchev–Trinajstić information content (AvgIpc) is 3.67. The van der Waals surface area contributed by atoms with Gasteiger partial charge in [0.05, 0.1) is 17.8 Å². The predicted molar refractivity (Wildman–Crippen MR) is 260 cm³/mol. The molecular weight excluding hydrogens is 869 g/mol. The second-order valence-corrected chi connectivity index (χ2v) is 20.1. The van der Waals surface area contributed by atoms with E-state index in [1.165, 1.54) is 12.5 Å². The minimum absolute atomic E-state index is 0.0173. The first-order valence-corrected chi connectivity index (χ1v) is 24.4. The molecule has 2 aromatic carbocycles. The molecule has 18 nitrogen and oxygen atoms in total. The van der Waals surface area contributed by atoms with Crippen LogP contribution in [0.2, 0.25) is 0 Å². The van der Waals surface area contributed by atoms with Crippen LogP contribution in [0.25, 0.3) is 11.1 Å². The molecular formula is C49H76BN9O9. The van der Waals surface area contributed by atoms with E-state index < -0.39 is 78.7 Å². The molecule has 68 heavy (non-hydrogen) atoms. The second-order valence-electron chi connectivity index (χ2n) is 20.1. The van der Waals surface area contributed by atoms with Crippen LogP contribution in [0.3, 0.4) is 0 Å². The van der Waals surface area contributed by atoms with Gasteiger partial charge in [0.25, 0.3) is 11.8 Å². The van der Waals surface area contributed by atoms with Crippen LogP contribution in [0, 0.1) is 23.2 Å². The van der Waals surface area contributed by atoms with Gasteiger partial charge in [-0.3, -0.25) is 28.8 Å². The van der Waals surface area contributed by atoms with Crippen molar-refractivity contribution in [3.05, 3.63) is 59.7 Å². The minimum atomic E-state index is -1.70. The number of hydrogen-bond acceptors (Lipinski definition) is 12. The van der Waals surface area contributed by atoms with Crippen molar-refractivity contribution in [2.24, 2.45) is 40.4 Å². The molecule has 4 fully saturated rings. The topological polar surface area (TPSA) is 291 Å². The fourth-order valence-electron chi connectivity index (χ4n) is 9.80. The molecule has 1 heterocycles. The first-order chi connectivity index (χ1) is 32.2. The Morgan fingerprint density at radius 3 is 2.04 bits per heavy atom. The molecule has 374 valence electrons. The summed E-state index contributed by atoms with van der Waals surface area (Å²) in [6.45, 7) is 14.0. The number of carbonyl (C=O) groups is 6. The van der Waals surface area contributed by atoms with Gasteiger partial charge in [0.2, 0.25) is 23.6 Å². The summed E-state index contributed by atoms with van der Waals surface area (Å²) in [5.41, 5.74) is 21.5. The van der Waals surface area contributed by atoms with E-state index in [2.05, 4.69) is 76.9 Å². The third-order valence-electron chi connectivity index (χ3n) is 14.0. The highest BCUT2D eigenvalue weighted by Gasteiger charge is 2.68. The monoisotopic (exact) mass is 946 g/mol. The first kappa shape index (κ1) is 54.0. The molecule has 1 saturated heterocycles. The van der Waals surface area contributed by atoms with E-state index in [4.69, 9.17) is 26.5 Å². The fourth-order valence-corrected chi connectivity index (χ4v) is 9.80. The summed E-state index contributed by atoms with van der Waals surface area (Å²) in [5, 5.41) is 26.1. The first-order valence-electron chi connectivity index (χ1n) is 24.4. The van der Waals surface area contributed by atoms with Crippen LogP contribution < -0.4 is 49.1 Å². The Morgan fingerprint density at radius 2 is 1.44 bits per heavy atom. The number of nitrogens with one attached hydrogen (secondary N) is 6. The lowest BCUT2D eigenvalue weighted by molar-refractivity contribution is -0.199. The molecule has 1 aliphatic heterocycles. The maximum absolute atomic E-state index is 13.6. The Balaban J connectivity index is 1.10. The Bertz CT molecular complexity index is 2060. The summed E-state index contributed by atoms with van der Waals surface area (Å²) < 4.78 is 12.6. The lowest BCUT2D eigenvalue weighted by Gasteiger charge is -2.64. The smallest absolute Gasteiger partial charge is 0.403 e. The predicted octanol–water partition coefficient (Wildman–Crippen LogP) is 1.90. The molecule has 2 bridgehead atoms. The summed E-state index contributed by atoms with van der Waals surface area (Å²) in [5.74, 6) is -3.41. The minimum Gasteiger partial charge on any atom is -0.403 e. The van der Waals surface area contributed by atoms with E-state index in [9.17, 15) is 33.9 Å². The van der Waals surface area contributed by atoms with E-state index in [1.807, 2.05) is 32.9 Å². The normalized spacial score (nSPS) is 22.8. The zero-order valence-electron chi connectivity index (χ0n) is 40.9. The number of aryl methyl sites for hydroxylation is 1. The van der Waals surface area contributed by atoms with Gasteiger partial charge in [-0.15, -0.1) is 0 Å². The maximum atomic E-state index is 13.6. The molecule has 0 aromatic heterocycles. The van der Waals surface area contributed by atoms with Gasteiger partial charge in [-0.25, -0.2) is 0 Å². The van der Waals surface area contributed by atoms with E-state index in [-0.39, 0.29) is 49.2 Å². The Morgan fingerprint density at radius 1 is 0.794 bits per heavy atom. The average molecular weight is 946 g/mol. The van der Waals surface area contributed by atoms with Crippen LogP contribution in [0.15, 0.2) is 48.5 Å². The standard InChI is InChI=1S/C49H76BN9O9/c1-8-9-12-30-14-16-31(17-15-30)32-18-20-33(21-19-32)42(62)54-24-22-39(61)55-35(13-10-11-23-51)43(63)57-40(29(4)60)45(65)58-41(52)46(66)56-36(25-28(2)3)44(64)59-47(53)50-67-38-27-34-26-37(48(34,5)6)49(38,7)68-50/h14-21,28-29,34-38,40-41,47,60H,8-13,22-27,51-53H2,1-7H3,(H,54,62)(H,55,61)(H,56,66)(H,57,63)(H,58,65)(H,59,64)/t29-,34+,35+,36+,37+,38?,40+,41-,47-,49+/m1/s1. The van der Waals surface area contributed by atoms with E-state index in [1.54, 1.807) is 12.1 Å². The second kappa shape index (κ2) is 24.1.